The van der Waals surface area contributed by atoms with Crippen LogP contribution in [-0.4, -0.2) is 16.7 Å². The van der Waals surface area contributed by atoms with Crippen molar-refractivity contribution in [1.82, 2.24) is 15.5 Å². The number of nitrogens with one attached hydrogen (secondary N) is 2. The minimum atomic E-state index is -0.168. The molecule has 1 aromatic carbocycles. The molecule has 0 aliphatic rings. The predicted octanol–water partition coefficient (Wildman–Crippen LogP) is 2.81. The van der Waals surface area contributed by atoms with Gasteiger partial charge in [0.25, 0.3) is 0 Å². The molecule has 0 saturated heterocycles. The smallest absolute Gasteiger partial charge is 0.123 e. The maximum atomic E-state index is 13.0. The van der Waals surface area contributed by atoms with E-state index in [1.807, 2.05) is 26.8 Å². The van der Waals surface area contributed by atoms with Crippen molar-refractivity contribution in [2.24, 2.45) is 0 Å². The molecule has 0 unspecified atom stereocenters. The third-order valence-electron chi connectivity index (χ3n) is 3.46. The lowest BCUT2D eigenvalue weighted by Crippen LogP contribution is -2.17. The molecule has 0 amide bonds. The Morgan fingerprint density at radius 2 is 2.05 bits per heavy atom. The molecule has 0 atom stereocenters. The van der Waals surface area contributed by atoms with Crippen molar-refractivity contribution in [3.8, 4) is 0 Å². The van der Waals surface area contributed by atoms with Gasteiger partial charge in [-0.3, -0.25) is 5.10 Å². The van der Waals surface area contributed by atoms with E-state index in [-0.39, 0.29) is 5.82 Å². The largest absolute Gasteiger partial charge is 0.312 e. The van der Waals surface area contributed by atoms with Crippen LogP contribution in [0.15, 0.2) is 18.2 Å². The predicted molar refractivity (Wildman–Crippen MR) is 74.6 cm³/mol. The maximum Gasteiger partial charge on any atom is 0.123 e. The molecule has 3 nitrogen and oxygen atoms in total. The van der Waals surface area contributed by atoms with Gasteiger partial charge < -0.3 is 5.32 Å². The standard InChI is InChI=1S/C15H20FN3/c1-10-8-14(16)5-4-13(10)6-7-17-9-15-11(2)18-19-12(15)3/h4-5,8,17H,6-7,9H2,1-3H3,(H,18,19). The van der Waals surface area contributed by atoms with Gasteiger partial charge in [-0.2, -0.15) is 5.10 Å². The number of aryl methyl sites for hydroxylation is 3. The maximum absolute atomic E-state index is 13.0. The highest BCUT2D eigenvalue weighted by atomic mass is 19.1. The van der Waals surface area contributed by atoms with Crippen LogP contribution in [0, 0.1) is 26.6 Å². The van der Waals surface area contributed by atoms with E-state index < -0.39 is 0 Å². The van der Waals surface area contributed by atoms with Crippen LogP contribution in [-0.2, 0) is 13.0 Å². The van der Waals surface area contributed by atoms with Crippen molar-refractivity contribution in [3.63, 3.8) is 0 Å². The molecule has 1 heterocycles. The SMILES string of the molecule is Cc1cc(F)ccc1CCNCc1c(C)n[nH]c1C. The Labute approximate surface area is 113 Å². The fourth-order valence-electron chi connectivity index (χ4n) is 2.21. The van der Waals surface area contributed by atoms with Crippen molar-refractivity contribution in [2.45, 2.75) is 33.7 Å². The van der Waals surface area contributed by atoms with E-state index in [1.165, 1.54) is 17.2 Å². The lowest BCUT2D eigenvalue weighted by molar-refractivity contribution is 0.624. The fourth-order valence-corrected chi connectivity index (χ4v) is 2.21. The lowest BCUT2D eigenvalue weighted by atomic mass is 10.1. The first kappa shape index (κ1) is 13.7. The summed E-state index contributed by atoms with van der Waals surface area (Å²) in [7, 11) is 0. The van der Waals surface area contributed by atoms with E-state index in [0.29, 0.717) is 0 Å². The Morgan fingerprint density at radius 3 is 2.68 bits per heavy atom. The van der Waals surface area contributed by atoms with Crippen LogP contribution >= 0.6 is 0 Å². The summed E-state index contributed by atoms with van der Waals surface area (Å²) in [5.74, 6) is -0.168. The Bertz CT molecular complexity index is 541. The third kappa shape index (κ3) is 3.41. The quantitative estimate of drug-likeness (QED) is 0.813. The van der Waals surface area contributed by atoms with E-state index in [1.54, 1.807) is 6.07 Å². The van der Waals surface area contributed by atoms with Gasteiger partial charge in [0.1, 0.15) is 5.82 Å². The normalized spacial score (nSPS) is 10.9. The van der Waals surface area contributed by atoms with E-state index in [0.717, 1.165) is 36.5 Å². The van der Waals surface area contributed by atoms with Gasteiger partial charge in [-0.1, -0.05) is 6.07 Å². The summed E-state index contributed by atoms with van der Waals surface area (Å²) in [4.78, 5) is 0. The average molecular weight is 261 g/mol. The van der Waals surface area contributed by atoms with Crippen LogP contribution in [0.1, 0.15) is 28.1 Å². The number of halogens is 1. The molecule has 102 valence electrons. The molecule has 0 aliphatic carbocycles. The molecule has 0 spiro atoms. The first-order valence-corrected chi connectivity index (χ1v) is 6.54. The average Bonchev–Trinajstić information content (AvgIpc) is 2.68. The Kier molecular flexibility index (Phi) is 4.32. The second-order valence-corrected chi connectivity index (χ2v) is 4.91. The molecule has 2 rings (SSSR count). The summed E-state index contributed by atoms with van der Waals surface area (Å²) in [6.07, 6.45) is 0.905. The number of benzene rings is 1. The highest BCUT2D eigenvalue weighted by Crippen LogP contribution is 2.11. The van der Waals surface area contributed by atoms with Gasteiger partial charge in [0.2, 0.25) is 0 Å². The van der Waals surface area contributed by atoms with Gasteiger partial charge in [-0.15, -0.1) is 0 Å². The summed E-state index contributed by atoms with van der Waals surface area (Å²) in [5.41, 5.74) is 5.59. The zero-order valence-corrected chi connectivity index (χ0v) is 11.7. The molecule has 0 radical (unpaired) electrons. The van der Waals surface area contributed by atoms with Crippen LogP contribution in [0.25, 0.3) is 0 Å². The summed E-state index contributed by atoms with van der Waals surface area (Å²) >= 11 is 0. The van der Waals surface area contributed by atoms with E-state index in [2.05, 4.69) is 15.5 Å². The Hall–Kier alpha value is -1.68. The number of hydrogen-bond acceptors (Lipinski definition) is 2. The van der Waals surface area contributed by atoms with Gasteiger partial charge in [0.05, 0.1) is 5.69 Å². The van der Waals surface area contributed by atoms with Gasteiger partial charge in [-0.05, 0) is 57.0 Å². The molecule has 0 aliphatic heterocycles. The molecule has 2 aromatic rings. The number of rotatable bonds is 5. The van der Waals surface area contributed by atoms with Gasteiger partial charge >= 0.3 is 0 Å². The number of hydrogen-bond donors (Lipinski definition) is 2. The van der Waals surface area contributed by atoms with Crippen LogP contribution in [0.4, 0.5) is 4.39 Å². The van der Waals surface area contributed by atoms with E-state index in [9.17, 15) is 4.39 Å². The molecular weight excluding hydrogens is 241 g/mol. The summed E-state index contributed by atoms with van der Waals surface area (Å²) in [5, 5.41) is 10.6. The second kappa shape index (κ2) is 5.97. The minimum absolute atomic E-state index is 0.168. The van der Waals surface area contributed by atoms with Crippen LogP contribution < -0.4 is 5.32 Å². The van der Waals surface area contributed by atoms with Crippen molar-refractivity contribution < 1.29 is 4.39 Å². The molecule has 2 N–H and O–H groups in total. The minimum Gasteiger partial charge on any atom is -0.312 e. The summed E-state index contributed by atoms with van der Waals surface area (Å²) in [6, 6.07) is 4.97. The summed E-state index contributed by atoms with van der Waals surface area (Å²) < 4.78 is 13.0. The monoisotopic (exact) mass is 261 g/mol. The number of H-pyrrole nitrogens is 1. The first-order valence-electron chi connectivity index (χ1n) is 6.54. The zero-order valence-electron chi connectivity index (χ0n) is 11.7. The molecule has 0 saturated carbocycles. The third-order valence-corrected chi connectivity index (χ3v) is 3.46. The van der Waals surface area contributed by atoms with Crippen LogP contribution in [0.5, 0.6) is 0 Å². The Morgan fingerprint density at radius 1 is 1.26 bits per heavy atom. The summed E-state index contributed by atoms with van der Waals surface area (Å²) in [6.45, 7) is 7.67. The topological polar surface area (TPSA) is 40.7 Å². The van der Waals surface area contributed by atoms with Crippen LogP contribution in [0.2, 0.25) is 0 Å². The van der Waals surface area contributed by atoms with E-state index in [4.69, 9.17) is 0 Å². The number of nitrogens with zero attached hydrogens (tertiary/aromatic N) is 1. The van der Waals surface area contributed by atoms with Crippen molar-refractivity contribution >= 4 is 0 Å². The van der Waals surface area contributed by atoms with E-state index >= 15 is 0 Å². The number of aromatic nitrogens is 2. The van der Waals surface area contributed by atoms with Crippen LogP contribution in [0.3, 0.4) is 0 Å². The molecular formula is C15H20FN3. The fraction of sp³-hybridized carbons (Fsp3) is 0.400. The molecule has 0 fully saturated rings. The molecule has 19 heavy (non-hydrogen) atoms. The van der Waals surface area contributed by atoms with Gasteiger partial charge in [-0.25, -0.2) is 4.39 Å². The van der Waals surface area contributed by atoms with Crippen molar-refractivity contribution in [1.29, 1.82) is 0 Å². The molecule has 1 aromatic heterocycles. The molecule has 0 bridgehead atoms. The highest BCUT2D eigenvalue weighted by Gasteiger charge is 2.05. The van der Waals surface area contributed by atoms with Crippen molar-refractivity contribution in [3.05, 3.63) is 52.1 Å². The highest BCUT2D eigenvalue weighted by molar-refractivity contribution is 5.27. The van der Waals surface area contributed by atoms with Crippen molar-refractivity contribution in [2.75, 3.05) is 6.54 Å². The zero-order chi connectivity index (χ0) is 13.8. The molecule has 4 heteroatoms. The second-order valence-electron chi connectivity index (χ2n) is 4.91. The van der Waals surface area contributed by atoms with Gasteiger partial charge in [0, 0.05) is 17.8 Å². The Balaban J connectivity index is 1.84. The first-order chi connectivity index (χ1) is 9.08. The number of aromatic amines is 1. The van der Waals surface area contributed by atoms with Gasteiger partial charge in [0.15, 0.2) is 0 Å². The lowest BCUT2D eigenvalue weighted by Gasteiger charge is -2.08.